The number of aryl methyl sites for hydroxylation is 1. The van der Waals surface area contributed by atoms with Gasteiger partial charge in [-0.3, -0.25) is 4.90 Å². The van der Waals surface area contributed by atoms with E-state index in [-0.39, 0.29) is 6.10 Å². The molecule has 1 aliphatic heterocycles. The largest absolute Gasteiger partial charge is 0.368 e. The van der Waals surface area contributed by atoms with E-state index in [0.29, 0.717) is 6.04 Å². The molecule has 0 saturated carbocycles. The second-order valence-electron chi connectivity index (χ2n) is 5.44. The highest BCUT2D eigenvalue weighted by Crippen LogP contribution is 2.31. The van der Waals surface area contributed by atoms with Gasteiger partial charge in [-0.05, 0) is 33.4 Å². The summed E-state index contributed by atoms with van der Waals surface area (Å²) in [5.74, 6) is 0. The Balaban J connectivity index is 2.07. The number of aromatic nitrogens is 1. The smallest absolute Gasteiger partial charge is 0.123 e. The van der Waals surface area contributed by atoms with E-state index < -0.39 is 0 Å². The minimum absolute atomic E-state index is 0.154. The van der Waals surface area contributed by atoms with Crippen LogP contribution in [0.25, 0.3) is 0 Å². The molecule has 1 aliphatic rings. The van der Waals surface area contributed by atoms with Gasteiger partial charge in [0.2, 0.25) is 0 Å². The van der Waals surface area contributed by atoms with Crippen molar-refractivity contribution in [1.29, 1.82) is 0 Å². The lowest BCUT2D eigenvalue weighted by molar-refractivity contribution is -0.0299. The van der Waals surface area contributed by atoms with Crippen molar-refractivity contribution in [2.45, 2.75) is 46.3 Å². The Bertz CT molecular complexity index is 419. The van der Waals surface area contributed by atoms with Crippen molar-refractivity contribution in [2.24, 2.45) is 0 Å². The fourth-order valence-corrected chi connectivity index (χ4v) is 3.87. The lowest BCUT2D eigenvalue weighted by Gasteiger charge is -2.31. The van der Waals surface area contributed by atoms with E-state index in [1.807, 2.05) is 11.3 Å². The SMILES string of the molecule is CCCN1CCOC(c2nc(C)c(C(C)NCC)s2)C1. The Morgan fingerprint density at radius 1 is 1.50 bits per heavy atom. The molecule has 1 aromatic heterocycles. The molecule has 5 heteroatoms. The second kappa shape index (κ2) is 7.50. The first-order valence-corrected chi connectivity index (χ1v) is 8.51. The summed E-state index contributed by atoms with van der Waals surface area (Å²) in [6, 6.07) is 0.376. The quantitative estimate of drug-likeness (QED) is 0.876. The van der Waals surface area contributed by atoms with E-state index in [2.05, 4.69) is 37.9 Å². The molecular weight excluding hydrogens is 270 g/mol. The third-order valence-electron chi connectivity index (χ3n) is 3.72. The molecule has 0 radical (unpaired) electrons. The molecule has 114 valence electrons. The average molecular weight is 297 g/mol. The maximum absolute atomic E-state index is 5.93. The van der Waals surface area contributed by atoms with Gasteiger partial charge in [0.1, 0.15) is 11.1 Å². The summed E-state index contributed by atoms with van der Waals surface area (Å²) in [5, 5.41) is 4.61. The summed E-state index contributed by atoms with van der Waals surface area (Å²) >= 11 is 1.81. The van der Waals surface area contributed by atoms with Gasteiger partial charge in [0.25, 0.3) is 0 Å². The second-order valence-corrected chi connectivity index (χ2v) is 6.50. The molecule has 2 atom stereocenters. The zero-order valence-corrected chi connectivity index (χ0v) is 13.9. The minimum Gasteiger partial charge on any atom is -0.368 e. The highest BCUT2D eigenvalue weighted by Gasteiger charge is 2.25. The Kier molecular flexibility index (Phi) is 5.96. The van der Waals surface area contributed by atoms with Crippen LogP contribution in [0.4, 0.5) is 0 Å². The number of hydrogen-bond acceptors (Lipinski definition) is 5. The van der Waals surface area contributed by atoms with Crippen molar-refractivity contribution in [3.63, 3.8) is 0 Å². The van der Waals surface area contributed by atoms with Crippen LogP contribution in [-0.4, -0.2) is 42.7 Å². The van der Waals surface area contributed by atoms with Crippen molar-refractivity contribution >= 4 is 11.3 Å². The Labute approximate surface area is 126 Å². The van der Waals surface area contributed by atoms with Crippen molar-refractivity contribution < 1.29 is 4.74 Å². The Morgan fingerprint density at radius 3 is 3.00 bits per heavy atom. The van der Waals surface area contributed by atoms with Crippen LogP contribution in [0.2, 0.25) is 0 Å². The van der Waals surface area contributed by atoms with Crippen LogP contribution in [0.3, 0.4) is 0 Å². The third-order valence-corrected chi connectivity index (χ3v) is 5.15. The summed E-state index contributed by atoms with van der Waals surface area (Å²) in [6.45, 7) is 13.7. The fourth-order valence-electron chi connectivity index (χ4n) is 2.74. The van der Waals surface area contributed by atoms with Crippen LogP contribution >= 0.6 is 11.3 Å². The summed E-state index contributed by atoms with van der Waals surface area (Å²) < 4.78 is 5.93. The molecule has 0 spiro atoms. The summed E-state index contributed by atoms with van der Waals surface area (Å²) in [5.41, 5.74) is 1.15. The topological polar surface area (TPSA) is 37.4 Å². The molecule has 2 heterocycles. The molecule has 1 N–H and O–H groups in total. The lowest BCUT2D eigenvalue weighted by atomic mass is 10.2. The molecule has 0 aromatic carbocycles. The van der Waals surface area contributed by atoms with Gasteiger partial charge in [-0.2, -0.15) is 0 Å². The van der Waals surface area contributed by atoms with Crippen LogP contribution in [0.15, 0.2) is 0 Å². The fraction of sp³-hybridized carbons (Fsp3) is 0.800. The van der Waals surface area contributed by atoms with Crippen LogP contribution < -0.4 is 5.32 Å². The normalized spacial score (nSPS) is 22.1. The van der Waals surface area contributed by atoms with Crippen LogP contribution in [0, 0.1) is 6.92 Å². The Morgan fingerprint density at radius 2 is 2.30 bits per heavy atom. The standard InChI is InChI=1S/C15H27N3OS/c1-5-7-18-8-9-19-13(10-18)15-17-12(4)14(20-15)11(3)16-6-2/h11,13,16H,5-10H2,1-4H3. The molecule has 1 fully saturated rings. The summed E-state index contributed by atoms with van der Waals surface area (Å²) in [6.07, 6.45) is 1.35. The number of morpholine rings is 1. The number of nitrogens with one attached hydrogen (secondary N) is 1. The molecule has 1 aromatic rings. The first kappa shape index (κ1) is 15.9. The molecular formula is C15H27N3OS. The van der Waals surface area contributed by atoms with Gasteiger partial charge in [0, 0.05) is 24.0 Å². The minimum atomic E-state index is 0.154. The van der Waals surface area contributed by atoms with Gasteiger partial charge in [-0.25, -0.2) is 4.98 Å². The van der Waals surface area contributed by atoms with Crippen molar-refractivity contribution in [1.82, 2.24) is 15.2 Å². The van der Waals surface area contributed by atoms with Gasteiger partial charge in [0.15, 0.2) is 0 Å². The van der Waals surface area contributed by atoms with Crippen LogP contribution in [0.5, 0.6) is 0 Å². The predicted molar refractivity (Wildman–Crippen MR) is 84.4 cm³/mol. The molecule has 0 bridgehead atoms. The van der Waals surface area contributed by atoms with E-state index in [4.69, 9.17) is 9.72 Å². The number of nitrogens with zero attached hydrogens (tertiary/aromatic N) is 2. The zero-order chi connectivity index (χ0) is 14.5. The van der Waals surface area contributed by atoms with E-state index >= 15 is 0 Å². The first-order chi connectivity index (χ1) is 9.65. The van der Waals surface area contributed by atoms with Crippen molar-refractivity contribution in [2.75, 3.05) is 32.8 Å². The van der Waals surface area contributed by atoms with Crippen LogP contribution in [-0.2, 0) is 4.74 Å². The molecule has 20 heavy (non-hydrogen) atoms. The highest BCUT2D eigenvalue weighted by molar-refractivity contribution is 7.11. The zero-order valence-electron chi connectivity index (χ0n) is 13.1. The van der Waals surface area contributed by atoms with Crippen molar-refractivity contribution in [3.8, 4) is 0 Å². The number of hydrogen-bond donors (Lipinski definition) is 1. The molecule has 0 aliphatic carbocycles. The predicted octanol–water partition coefficient (Wildman–Crippen LogP) is 2.91. The number of rotatable bonds is 6. The van der Waals surface area contributed by atoms with E-state index in [0.717, 1.165) is 43.5 Å². The van der Waals surface area contributed by atoms with Gasteiger partial charge < -0.3 is 10.1 Å². The summed E-state index contributed by atoms with van der Waals surface area (Å²) in [7, 11) is 0. The van der Waals surface area contributed by atoms with Gasteiger partial charge in [-0.1, -0.05) is 13.8 Å². The van der Waals surface area contributed by atoms with E-state index in [1.165, 1.54) is 11.3 Å². The first-order valence-electron chi connectivity index (χ1n) is 7.70. The maximum Gasteiger partial charge on any atom is 0.123 e. The van der Waals surface area contributed by atoms with Gasteiger partial charge in [-0.15, -0.1) is 11.3 Å². The molecule has 2 unspecified atom stereocenters. The van der Waals surface area contributed by atoms with E-state index in [9.17, 15) is 0 Å². The molecule has 0 amide bonds. The van der Waals surface area contributed by atoms with Crippen LogP contribution in [0.1, 0.15) is 54.9 Å². The monoisotopic (exact) mass is 297 g/mol. The van der Waals surface area contributed by atoms with E-state index in [1.54, 1.807) is 0 Å². The Hall–Kier alpha value is -0.490. The van der Waals surface area contributed by atoms with Gasteiger partial charge in [0.05, 0.1) is 12.3 Å². The molecule has 4 nitrogen and oxygen atoms in total. The highest BCUT2D eigenvalue weighted by atomic mass is 32.1. The van der Waals surface area contributed by atoms with Gasteiger partial charge >= 0.3 is 0 Å². The molecule has 2 rings (SSSR count). The third kappa shape index (κ3) is 3.79. The maximum atomic E-state index is 5.93. The summed E-state index contributed by atoms with van der Waals surface area (Å²) in [4.78, 5) is 8.59. The van der Waals surface area contributed by atoms with Crippen molar-refractivity contribution in [3.05, 3.63) is 15.6 Å². The number of thiazole rings is 1. The lowest BCUT2D eigenvalue weighted by Crippen LogP contribution is -2.38. The number of ether oxygens (including phenoxy) is 1. The average Bonchev–Trinajstić information content (AvgIpc) is 2.82. The molecule has 1 saturated heterocycles.